The molecule has 0 aromatic carbocycles. The van der Waals surface area contributed by atoms with E-state index in [0.29, 0.717) is 5.84 Å². The van der Waals surface area contributed by atoms with Crippen molar-refractivity contribution in [2.45, 2.75) is 39.6 Å². The van der Waals surface area contributed by atoms with Crippen LogP contribution in [-0.2, 0) is 0 Å². The van der Waals surface area contributed by atoms with Gasteiger partial charge in [0.25, 0.3) is 0 Å². The molecule has 74 valence electrons. The summed E-state index contributed by atoms with van der Waals surface area (Å²) >= 11 is 0. The largest absolute Gasteiger partial charge is 0.384 e. The number of aliphatic hydroxyl groups is 1. The average Bonchev–Trinajstić information content (AvgIpc) is 1.94. The first kappa shape index (κ1) is 10.1. The zero-order valence-electron chi connectivity index (χ0n) is 8.57. The Morgan fingerprint density at radius 2 is 2.08 bits per heavy atom. The molecule has 1 heterocycles. The lowest BCUT2D eigenvalue weighted by Gasteiger charge is -2.39. The van der Waals surface area contributed by atoms with Gasteiger partial charge in [-0.05, 0) is 27.7 Å². The second-order valence-electron chi connectivity index (χ2n) is 4.25. The molecule has 0 aromatic rings. The summed E-state index contributed by atoms with van der Waals surface area (Å²) in [5.41, 5.74) is 6.31. The van der Waals surface area contributed by atoms with Crippen LogP contribution in [0, 0.1) is 0 Å². The van der Waals surface area contributed by atoms with Crippen LogP contribution in [0.4, 0.5) is 0 Å². The molecule has 1 rings (SSSR count). The van der Waals surface area contributed by atoms with E-state index in [2.05, 4.69) is 4.99 Å². The third kappa shape index (κ3) is 2.01. The van der Waals surface area contributed by atoms with Crippen molar-refractivity contribution in [2.24, 2.45) is 10.7 Å². The molecule has 0 spiro atoms. The Morgan fingerprint density at radius 3 is 2.54 bits per heavy atom. The number of amidine groups is 1. The van der Waals surface area contributed by atoms with Crippen LogP contribution in [0.1, 0.15) is 27.7 Å². The summed E-state index contributed by atoms with van der Waals surface area (Å²) in [6.45, 7) is 7.91. The van der Waals surface area contributed by atoms with E-state index in [9.17, 15) is 5.11 Å². The maximum Gasteiger partial charge on any atom is 0.227 e. The standard InChI is InChI=1S/C9H17N3O/c1-6-5-12(9(2,3)4)8(13)11-7(6)10/h5,8,13H,1-4H3,(H2,10,11). The van der Waals surface area contributed by atoms with Crippen molar-refractivity contribution in [1.82, 2.24) is 4.90 Å². The summed E-state index contributed by atoms with van der Waals surface area (Å²) < 4.78 is 0. The average molecular weight is 183 g/mol. The molecular weight excluding hydrogens is 166 g/mol. The Morgan fingerprint density at radius 1 is 1.54 bits per heavy atom. The second kappa shape index (κ2) is 3.03. The van der Waals surface area contributed by atoms with Gasteiger partial charge in [-0.3, -0.25) is 0 Å². The smallest absolute Gasteiger partial charge is 0.227 e. The molecule has 4 nitrogen and oxygen atoms in total. The molecule has 1 aliphatic rings. The summed E-state index contributed by atoms with van der Waals surface area (Å²) in [7, 11) is 0. The van der Waals surface area contributed by atoms with Gasteiger partial charge in [0.2, 0.25) is 6.35 Å². The van der Waals surface area contributed by atoms with Crippen molar-refractivity contribution in [3.05, 3.63) is 11.8 Å². The van der Waals surface area contributed by atoms with E-state index in [0.717, 1.165) is 5.57 Å². The van der Waals surface area contributed by atoms with E-state index in [1.807, 2.05) is 33.9 Å². The maximum atomic E-state index is 9.61. The van der Waals surface area contributed by atoms with Gasteiger partial charge in [0.1, 0.15) is 5.84 Å². The molecule has 1 aliphatic heterocycles. The first-order valence-electron chi connectivity index (χ1n) is 4.31. The minimum atomic E-state index is -0.858. The molecule has 0 saturated carbocycles. The van der Waals surface area contributed by atoms with Gasteiger partial charge in [0, 0.05) is 17.3 Å². The maximum absolute atomic E-state index is 9.61. The Balaban J connectivity index is 2.94. The fourth-order valence-corrected chi connectivity index (χ4v) is 1.17. The molecule has 0 aromatic heterocycles. The van der Waals surface area contributed by atoms with Crippen LogP contribution in [0.2, 0.25) is 0 Å². The van der Waals surface area contributed by atoms with Gasteiger partial charge in [-0.2, -0.15) is 0 Å². The highest BCUT2D eigenvalue weighted by Gasteiger charge is 2.27. The van der Waals surface area contributed by atoms with E-state index in [1.165, 1.54) is 0 Å². The zero-order chi connectivity index (χ0) is 10.2. The molecular formula is C9H17N3O. The summed E-state index contributed by atoms with van der Waals surface area (Å²) in [4.78, 5) is 5.70. The minimum Gasteiger partial charge on any atom is -0.384 e. The highest BCUT2D eigenvalue weighted by Crippen LogP contribution is 2.21. The Kier molecular flexibility index (Phi) is 2.34. The van der Waals surface area contributed by atoms with E-state index in [-0.39, 0.29) is 5.54 Å². The Hall–Kier alpha value is -1.03. The fourth-order valence-electron chi connectivity index (χ4n) is 1.17. The lowest BCUT2D eigenvalue weighted by Crippen LogP contribution is -2.47. The van der Waals surface area contributed by atoms with Crippen LogP contribution in [0.3, 0.4) is 0 Å². The molecule has 1 atom stereocenters. The fraction of sp³-hybridized carbons (Fsp3) is 0.667. The number of hydrogen-bond acceptors (Lipinski definition) is 4. The molecule has 0 bridgehead atoms. The molecule has 1 unspecified atom stereocenters. The molecule has 4 heteroatoms. The third-order valence-corrected chi connectivity index (χ3v) is 2.01. The van der Waals surface area contributed by atoms with Gasteiger partial charge in [0.05, 0.1) is 0 Å². The molecule has 0 aliphatic carbocycles. The van der Waals surface area contributed by atoms with Crippen LogP contribution in [-0.4, -0.2) is 27.7 Å². The summed E-state index contributed by atoms with van der Waals surface area (Å²) in [6.07, 6.45) is 0.983. The van der Waals surface area contributed by atoms with Gasteiger partial charge in [-0.1, -0.05) is 0 Å². The van der Waals surface area contributed by atoms with Gasteiger partial charge in [-0.25, -0.2) is 4.99 Å². The number of nitrogens with two attached hydrogens (primary N) is 1. The Bertz CT molecular complexity index is 263. The van der Waals surface area contributed by atoms with Crippen molar-refractivity contribution < 1.29 is 5.11 Å². The predicted octanol–water partition coefficient (Wildman–Crippen LogP) is 0.637. The highest BCUT2D eigenvalue weighted by atomic mass is 16.3. The topological polar surface area (TPSA) is 61.8 Å². The summed E-state index contributed by atoms with van der Waals surface area (Å²) in [5, 5.41) is 9.61. The monoisotopic (exact) mass is 183 g/mol. The van der Waals surface area contributed by atoms with Crippen molar-refractivity contribution in [3.63, 3.8) is 0 Å². The first-order valence-corrected chi connectivity index (χ1v) is 4.31. The van der Waals surface area contributed by atoms with Crippen molar-refractivity contribution in [2.75, 3.05) is 0 Å². The summed E-state index contributed by atoms with van der Waals surface area (Å²) in [5.74, 6) is 0.410. The Labute approximate surface area is 78.8 Å². The van der Waals surface area contributed by atoms with Crippen molar-refractivity contribution in [1.29, 1.82) is 0 Å². The first-order chi connectivity index (χ1) is 5.82. The molecule has 3 N–H and O–H groups in total. The molecule has 0 fully saturated rings. The van der Waals surface area contributed by atoms with Crippen LogP contribution in [0.15, 0.2) is 16.8 Å². The number of rotatable bonds is 0. The van der Waals surface area contributed by atoms with Gasteiger partial charge < -0.3 is 15.7 Å². The molecule has 0 saturated heterocycles. The van der Waals surface area contributed by atoms with Crippen molar-refractivity contribution in [3.8, 4) is 0 Å². The minimum absolute atomic E-state index is 0.148. The SMILES string of the molecule is CC1=CN(C(C)(C)C)C(O)N=C1N. The molecule has 0 radical (unpaired) electrons. The second-order valence-corrected chi connectivity index (χ2v) is 4.25. The molecule has 13 heavy (non-hydrogen) atoms. The number of nitrogens with zero attached hydrogens (tertiary/aromatic N) is 2. The van der Waals surface area contributed by atoms with Crippen LogP contribution in [0.5, 0.6) is 0 Å². The van der Waals surface area contributed by atoms with Gasteiger partial charge >= 0.3 is 0 Å². The van der Waals surface area contributed by atoms with Crippen LogP contribution < -0.4 is 5.73 Å². The lowest BCUT2D eigenvalue weighted by molar-refractivity contribution is -0.00981. The molecule has 0 amide bonds. The van der Waals surface area contributed by atoms with E-state index >= 15 is 0 Å². The number of aliphatic hydroxyl groups excluding tert-OH is 1. The van der Waals surface area contributed by atoms with Crippen LogP contribution in [0.25, 0.3) is 0 Å². The highest BCUT2D eigenvalue weighted by molar-refractivity contribution is 5.96. The van der Waals surface area contributed by atoms with Crippen LogP contribution >= 0.6 is 0 Å². The van der Waals surface area contributed by atoms with Gasteiger partial charge in [-0.15, -0.1) is 0 Å². The predicted molar refractivity (Wildman–Crippen MR) is 53.0 cm³/mol. The van der Waals surface area contributed by atoms with Crippen molar-refractivity contribution >= 4 is 5.84 Å². The number of hydrogen-bond donors (Lipinski definition) is 2. The summed E-state index contributed by atoms with van der Waals surface area (Å²) in [6, 6.07) is 0. The normalized spacial score (nSPS) is 24.1. The van der Waals surface area contributed by atoms with Gasteiger partial charge in [0.15, 0.2) is 0 Å². The lowest BCUT2D eigenvalue weighted by atomic mass is 10.1. The number of aliphatic imine (C=N–C) groups is 1. The quantitative estimate of drug-likeness (QED) is 0.579. The van der Waals surface area contributed by atoms with E-state index in [1.54, 1.807) is 4.90 Å². The van der Waals surface area contributed by atoms with E-state index < -0.39 is 6.35 Å². The third-order valence-electron chi connectivity index (χ3n) is 2.01. The zero-order valence-corrected chi connectivity index (χ0v) is 8.57. The van der Waals surface area contributed by atoms with E-state index in [4.69, 9.17) is 5.73 Å².